The molecule has 2 aromatic rings. The van der Waals surface area contributed by atoms with Crippen LogP contribution in [0.4, 0.5) is 0 Å². The second-order valence-electron chi connectivity index (χ2n) is 9.84. The van der Waals surface area contributed by atoms with Crippen LogP contribution in [0.25, 0.3) is 15.8 Å². The van der Waals surface area contributed by atoms with Crippen LogP contribution in [-0.4, -0.2) is 33.0 Å². The van der Waals surface area contributed by atoms with E-state index in [9.17, 15) is 4.79 Å². The van der Waals surface area contributed by atoms with Crippen molar-refractivity contribution in [1.82, 2.24) is 4.98 Å². The summed E-state index contributed by atoms with van der Waals surface area (Å²) in [5, 5.41) is 1.22. The molecular formula is C26H30N3O2S+. The Morgan fingerprint density at radius 1 is 1.25 bits per heavy atom. The molecule has 1 atom stereocenters. The van der Waals surface area contributed by atoms with E-state index in [0.717, 1.165) is 52.3 Å². The molecule has 0 spiro atoms. The van der Waals surface area contributed by atoms with E-state index in [1.54, 1.807) is 6.92 Å². The number of carbonyl (C=O) groups is 1. The predicted octanol–water partition coefficient (Wildman–Crippen LogP) is 5.68. The Kier molecular flexibility index (Phi) is 5.25. The van der Waals surface area contributed by atoms with Gasteiger partial charge in [0.05, 0.1) is 12.0 Å². The summed E-state index contributed by atoms with van der Waals surface area (Å²) in [5.41, 5.74) is 5.00. The molecule has 0 amide bonds. The number of aliphatic imine (C=N–C) groups is 1. The van der Waals surface area contributed by atoms with Crippen LogP contribution in [0.2, 0.25) is 0 Å². The third-order valence-electron chi connectivity index (χ3n) is 6.25. The van der Waals surface area contributed by atoms with E-state index < -0.39 is 11.7 Å². The number of aromatic nitrogens is 1. The first-order chi connectivity index (χ1) is 15.2. The molecule has 4 heterocycles. The average Bonchev–Trinajstić information content (AvgIpc) is 3.33. The van der Waals surface area contributed by atoms with Gasteiger partial charge in [-0.05, 0) is 70.9 Å². The van der Waals surface area contributed by atoms with Gasteiger partial charge < -0.3 is 4.74 Å². The van der Waals surface area contributed by atoms with Gasteiger partial charge in [0.15, 0.2) is 12.0 Å². The van der Waals surface area contributed by atoms with Crippen LogP contribution in [0, 0.1) is 6.92 Å². The third kappa shape index (κ3) is 3.69. The van der Waals surface area contributed by atoms with E-state index in [1.165, 1.54) is 28.7 Å². The molecule has 5 rings (SSSR count). The Hall–Kier alpha value is -2.44. The minimum Gasteiger partial charge on any atom is -0.360 e. The van der Waals surface area contributed by atoms with Crippen molar-refractivity contribution in [3.63, 3.8) is 0 Å². The van der Waals surface area contributed by atoms with Gasteiger partial charge >= 0.3 is 5.84 Å². The van der Waals surface area contributed by atoms with Crippen molar-refractivity contribution in [2.75, 3.05) is 0 Å². The number of allylic oxidation sites excluding steroid dienone is 1. The molecule has 0 saturated carbocycles. The molecule has 1 unspecified atom stereocenters. The second kappa shape index (κ2) is 7.85. The molecule has 5 nitrogen and oxygen atoms in total. The molecule has 0 saturated heterocycles. The van der Waals surface area contributed by atoms with Gasteiger partial charge in [-0.1, -0.05) is 6.08 Å². The van der Waals surface area contributed by atoms with E-state index in [-0.39, 0.29) is 5.78 Å². The van der Waals surface area contributed by atoms with Gasteiger partial charge in [0, 0.05) is 32.7 Å². The molecule has 6 heteroatoms. The van der Waals surface area contributed by atoms with Crippen molar-refractivity contribution in [3.05, 3.63) is 45.7 Å². The fourth-order valence-corrected chi connectivity index (χ4v) is 6.24. The summed E-state index contributed by atoms with van der Waals surface area (Å²) in [6.45, 7) is 9.64. The van der Waals surface area contributed by atoms with Crippen LogP contribution < -0.4 is 0 Å². The largest absolute Gasteiger partial charge is 0.360 e. The highest BCUT2D eigenvalue weighted by Crippen LogP contribution is 2.44. The van der Waals surface area contributed by atoms with E-state index in [1.807, 2.05) is 51.4 Å². The molecule has 0 fully saturated rings. The smallest absolute Gasteiger partial charge is 0.307 e. The summed E-state index contributed by atoms with van der Waals surface area (Å²) in [4.78, 5) is 25.0. The fraction of sp³-hybridized carbons (Fsp3) is 0.462. The zero-order valence-corrected chi connectivity index (χ0v) is 20.3. The van der Waals surface area contributed by atoms with Gasteiger partial charge in [0.2, 0.25) is 0 Å². The maximum absolute atomic E-state index is 12.9. The maximum atomic E-state index is 12.9. The van der Waals surface area contributed by atoms with Gasteiger partial charge in [-0.15, -0.1) is 11.3 Å². The number of nitrogens with zero attached hydrogens (tertiary/aromatic N) is 3. The van der Waals surface area contributed by atoms with Crippen molar-refractivity contribution in [2.24, 2.45) is 4.99 Å². The number of aryl methyl sites for hydroxylation is 3. The molecular weight excluding hydrogens is 418 g/mol. The highest BCUT2D eigenvalue weighted by atomic mass is 32.1. The van der Waals surface area contributed by atoms with Gasteiger partial charge in [-0.3, -0.25) is 4.79 Å². The first-order valence-electron chi connectivity index (χ1n) is 11.4. The normalized spacial score (nSPS) is 18.7. The summed E-state index contributed by atoms with van der Waals surface area (Å²) in [5.74, 6) is 1.04. The molecule has 32 heavy (non-hydrogen) atoms. The number of Topliss-reactive ketones (excluding diaryl/α,β-unsaturated/α-hetero) is 1. The molecule has 166 valence electrons. The number of hydrogen-bond acceptors (Lipinski definition) is 5. The zero-order valence-electron chi connectivity index (χ0n) is 19.5. The summed E-state index contributed by atoms with van der Waals surface area (Å²) >= 11 is 1.82. The van der Waals surface area contributed by atoms with E-state index in [0.29, 0.717) is 0 Å². The van der Waals surface area contributed by atoms with E-state index in [2.05, 4.69) is 21.9 Å². The predicted molar refractivity (Wildman–Crippen MR) is 131 cm³/mol. The number of rotatable bonds is 4. The third-order valence-corrected chi connectivity index (χ3v) is 7.44. The molecule has 0 N–H and O–H groups in total. The highest BCUT2D eigenvalue weighted by molar-refractivity contribution is 7.18. The Bertz CT molecular complexity index is 1250. The number of ketones is 1. The molecule has 0 bridgehead atoms. The summed E-state index contributed by atoms with van der Waals surface area (Å²) in [6, 6.07) is 0. The van der Waals surface area contributed by atoms with Crippen LogP contribution in [0.15, 0.2) is 23.5 Å². The first-order valence-corrected chi connectivity index (χ1v) is 12.2. The number of pyridine rings is 1. The monoisotopic (exact) mass is 448 g/mol. The topological polar surface area (TPSA) is 54.6 Å². The molecule has 0 aromatic carbocycles. The first kappa shape index (κ1) is 21.4. The van der Waals surface area contributed by atoms with Gasteiger partial charge in [0.25, 0.3) is 0 Å². The van der Waals surface area contributed by atoms with Crippen LogP contribution in [0.5, 0.6) is 0 Å². The van der Waals surface area contributed by atoms with Crippen molar-refractivity contribution < 1.29 is 14.1 Å². The maximum Gasteiger partial charge on any atom is 0.307 e. The molecule has 2 aromatic heterocycles. The number of fused-ring (bicyclic) bond motifs is 4. The minimum absolute atomic E-state index is 0.00857. The van der Waals surface area contributed by atoms with Crippen LogP contribution >= 0.6 is 11.3 Å². The van der Waals surface area contributed by atoms with Crippen LogP contribution in [0.3, 0.4) is 0 Å². The van der Waals surface area contributed by atoms with Gasteiger partial charge in [-0.2, -0.15) is 0 Å². The number of amidine groups is 1. The molecule has 3 aliphatic rings. The molecule has 0 radical (unpaired) electrons. The average molecular weight is 449 g/mol. The Labute approximate surface area is 193 Å². The van der Waals surface area contributed by atoms with E-state index in [4.69, 9.17) is 9.72 Å². The lowest BCUT2D eigenvalue weighted by molar-refractivity contribution is -0.315. The quantitative estimate of drug-likeness (QED) is 0.565. The van der Waals surface area contributed by atoms with E-state index >= 15 is 0 Å². The zero-order chi connectivity index (χ0) is 22.6. The van der Waals surface area contributed by atoms with Crippen LogP contribution in [-0.2, 0) is 22.4 Å². The molecule has 2 aliphatic heterocycles. The van der Waals surface area contributed by atoms with Crippen LogP contribution in [0.1, 0.15) is 80.3 Å². The number of carbonyl (C=O) groups excluding carboxylic acids is 1. The second-order valence-corrected chi connectivity index (χ2v) is 10.9. The summed E-state index contributed by atoms with van der Waals surface area (Å²) < 4.78 is 8.47. The number of ether oxygens (including phenoxy) is 1. The lowest BCUT2D eigenvalue weighted by atomic mass is 9.86. The Balaban J connectivity index is 1.82. The van der Waals surface area contributed by atoms with Crippen molar-refractivity contribution in [2.45, 2.75) is 78.4 Å². The SMILES string of the molecule is CC(=O)C(OC(C)(C)C)c1c(C)nc2sc3c(c2c1C1=CCC2=NC=C[N+]2=C1)CCCC3. The van der Waals surface area contributed by atoms with Crippen molar-refractivity contribution in [3.8, 4) is 0 Å². The summed E-state index contributed by atoms with van der Waals surface area (Å²) in [6.07, 6.45) is 12.9. The Morgan fingerprint density at radius 2 is 2.03 bits per heavy atom. The van der Waals surface area contributed by atoms with Crippen molar-refractivity contribution in [1.29, 1.82) is 0 Å². The molecule has 1 aliphatic carbocycles. The number of thiophene rings is 1. The summed E-state index contributed by atoms with van der Waals surface area (Å²) in [7, 11) is 0. The highest BCUT2D eigenvalue weighted by Gasteiger charge is 2.34. The Morgan fingerprint density at radius 3 is 2.78 bits per heavy atom. The standard InChI is InChI=1S/C26H30N3O2S/c1-15-21(24(16(2)30)31-26(3,4)5)22(17-10-11-20-27-12-13-29(20)14-17)23-18-8-6-7-9-19(18)32-25(23)28-15/h10,12-14,24H,6-9,11H2,1-5H3/q+1. The fourth-order valence-electron chi connectivity index (χ4n) is 4.93. The number of hydrogen-bond donors (Lipinski definition) is 0. The minimum atomic E-state index is -0.653. The lowest BCUT2D eigenvalue weighted by Gasteiger charge is -2.29. The van der Waals surface area contributed by atoms with Gasteiger partial charge in [0.1, 0.15) is 23.3 Å². The van der Waals surface area contributed by atoms with Crippen molar-refractivity contribution >= 4 is 45.0 Å². The van der Waals surface area contributed by atoms with Gasteiger partial charge in [-0.25, -0.2) is 9.56 Å². The lowest BCUT2D eigenvalue weighted by Crippen LogP contribution is -2.28.